The summed E-state index contributed by atoms with van der Waals surface area (Å²) in [7, 11) is 0. The van der Waals surface area contributed by atoms with Gasteiger partial charge in [-0.2, -0.15) is 5.10 Å². The van der Waals surface area contributed by atoms with Crippen LogP contribution < -0.4 is 5.32 Å². The third-order valence-corrected chi connectivity index (χ3v) is 3.38. The minimum Gasteiger partial charge on any atom is -0.376 e. The Morgan fingerprint density at radius 3 is 3.28 bits per heavy atom. The second-order valence-corrected chi connectivity index (χ2v) is 4.99. The molecule has 0 radical (unpaired) electrons. The zero-order valence-corrected chi connectivity index (χ0v) is 11.7. The first kappa shape index (κ1) is 13.5. The molecular formula is C11H16BrN3O3. The zero-order valence-electron chi connectivity index (χ0n) is 10.1. The summed E-state index contributed by atoms with van der Waals surface area (Å²) >= 11 is 3.24. The van der Waals surface area contributed by atoms with Gasteiger partial charge in [0, 0.05) is 6.61 Å². The van der Waals surface area contributed by atoms with E-state index in [1.807, 2.05) is 0 Å². The van der Waals surface area contributed by atoms with E-state index in [1.54, 1.807) is 6.92 Å². The van der Waals surface area contributed by atoms with Crippen molar-refractivity contribution in [3.05, 3.63) is 10.8 Å². The van der Waals surface area contributed by atoms with Crippen LogP contribution in [0.25, 0.3) is 0 Å². The maximum absolute atomic E-state index is 11.8. The molecule has 7 heteroatoms. The molecule has 2 unspecified atom stereocenters. The van der Waals surface area contributed by atoms with Crippen LogP contribution in [0, 0.1) is 0 Å². The Bertz CT molecular complexity index is 404. The van der Waals surface area contributed by atoms with Crippen LogP contribution in [0.15, 0.2) is 10.8 Å². The molecule has 2 N–H and O–H groups in total. The van der Waals surface area contributed by atoms with Crippen LogP contribution in [0.4, 0.5) is 5.69 Å². The van der Waals surface area contributed by atoms with Gasteiger partial charge in [-0.1, -0.05) is 0 Å². The average Bonchev–Trinajstić information content (AvgIpc) is 2.99. The Hall–Kier alpha value is -0.920. The molecule has 0 aromatic carbocycles. The molecular weight excluding hydrogens is 302 g/mol. The van der Waals surface area contributed by atoms with Gasteiger partial charge in [-0.3, -0.25) is 9.89 Å². The largest absolute Gasteiger partial charge is 0.376 e. The smallest absolute Gasteiger partial charge is 0.253 e. The number of aromatic nitrogens is 2. The van der Waals surface area contributed by atoms with Crippen molar-refractivity contribution in [3.63, 3.8) is 0 Å². The van der Waals surface area contributed by atoms with Crippen LogP contribution in [0.1, 0.15) is 19.8 Å². The normalized spacial score (nSPS) is 20.9. The van der Waals surface area contributed by atoms with E-state index in [4.69, 9.17) is 9.47 Å². The molecule has 0 aliphatic carbocycles. The molecule has 1 saturated heterocycles. The number of ether oxygens (including phenoxy) is 2. The number of nitrogens with zero attached hydrogens (tertiary/aromatic N) is 1. The summed E-state index contributed by atoms with van der Waals surface area (Å²) in [5, 5.41) is 9.20. The standard InChI is InChI=1S/C11H16BrN3O3/c1-7(18-6-8-3-2-4-17-8)11(16)14-9-5-13-15-10(9)12/h5,7-8H,2-4,6H2,1H3,(H,13,15)(H,14,16). The van der Waals surface area contributed by atoms with Crippen LogP contribution in [0.2, 0.25) is 0 Å². The zero-order chi connectivity index (χ0) is 13.0. The fraction of sp³-hybridized carbons (Fsp3) is 0.636. The number of hydrogen-bond acceptors (Lipinski definition) is 4. The van der Waals surface area contributed by atoms with E-state index in [-0.39, 0.29) is 12.0 Å². The Balaban J connectivity index is 1.76. The third kappa shape index (κ3) is 3.54. The fourth-order valence-electron chi connectivity index (χ4n) is 1.70. The van der Waals surface area contributed by atoms with E-state index >= 15 is 0 Å². The Labute approximate surface area is 114 Å². The van der Waals surface area contributed by atoms with Crippen molar-refractivity contribution in [2.24, 2.45) is 0 Å². The molecule has 1 aliphatic heterocycles. The number of nitrogens with one attached hydrogen (secondary N) is 2. The summed E-state index contributed by atoms with van der Waals surface area (Å²) in [5.74, 6) is -0.199. The van der Waals surface area contributed by atoms with Crippen LogP contribution in [0.5, 0.6) is 0 Å². The lowest BCUT2D eigenvalue weighted by molar-refractivity contribution is -0.128. The minimum atomic E-state index is -0.518. The summed E-state index contributed by atoms with van der Waals surface area (Å²) in [5.41, 5.74) is 0.604. The van der Waals surface area contributed by atoms with Gasteiger partial charge in [0.25, 0.3) is 5.91 Å². The Morgan fingerprint density at radius 1 is 1.83 bits per heavy atom. The quantitative estimate of drug-likeness (QED) is 0.866. The fourth-order valence-corrected chi connectivity index (χ4v) is 2.00. The molecule has 2 heterocycles. The SMILES string of the molecule is CC(OCC1CCCO1)C(=O)Nc1cn[nH]c1Br. The van der Waals surface area contributed by atoms with Gasteiger partial charge in [-0.05, 0) is 35.7 Å². The first-order valence-corrected chi connectivity index (χ1v) is 6.69. The van der Waals surface area contributed by atoms with Crippen LogP contribution in [-0.4, -0.2) is 41.5 Å². The van der Waals surface area contributed by atoms with Gasteiger partial charge in [0.05, 0.1) is 24.6 Å². The highest BCUT2D eigenvalue weighted by molar-refractivity contribution is 9.10. The molecule has 0 bridgehead atoms. The van der Waals surface area contributed by atoms with E-state index in [1.165, 1.54) is 6.20 Å². The molecule has 0 spiro atoms. The van der Waals surface area contributed by atoms with Gasteiger partial charge in [-0.25, -0.2) is 0 Å². The maximum atomic E-state index is 11.8. The number of hydrogen-bond donors (Lipinski definition) is 2. The average molecular weight is 318 g/mol. The van der Waals surface area contributed by atoms with Crippen molar-refractivity contribution in [3.8, 4) is 0 Å². The molecule has 18 heavy (non-hydrogen) atoms. The summed E-state index contributed by atoms with van der Waals surface area (Å²) < 4.78 is 11.6. The molecule has 1 amide bonds. The van der Waals surface area contributed by atoms with Crippen molar-refractivity contribution in [1.82, 2.24) is 10.2 Å². The molecule has 1 aromatic heterocycles. The number of H-pyrrole nitrogens is 1. The number of rotatable bonds is 5. The van der Waals surface area contributed by atoms with Gasteiger partial charge in [0.1, 0.15) is 10.7 Å². The topological polar surface area (TPSA) is 76.2 Å². The predicted octanol–water partition coefficient (Wildman–Crippen LogP) is 1.69. The number of anilines is 1. The second-order valence-electron chi connectivity index (χ2n) is 4.20. The van der Waals surface area contributed by atoms with Gasteiger partial charge < -0.3 is 14.8 Å². The lowest BCUT2D eigenvalue weighted by Gasteiger charge is -2.15. The second kappa shape index (κ2) is 6.31. The van der Waals surface area contributed by atoms with Crippen molar-refractivity contribution in [1.29, 1.82) is 0 Å². The van der Waals surface area contributed by atoms with Gasteiger partial charge in [0.15, 0.2) is 0 Å². The van der Waals surface area contributed by atoms with Crippen molar-refractivity contribution < 1.29 is 14.3 Å². The highest BCUT2D eigenvalue weighted by atomic mass is 79.9. The Kier molecular flexibility index (Phi) is 4.73. The van der Waals surface area contributed by atoms with E-state index in [0.29, 0.717) is 16.9 Å². The summed E-state index contributed by atoms with van der Waals surface area (Å²) in [6.07, 6.45) is 3.21. The molecule has 1 fully saturated rings. The number of aromatic amines is 1. The lowest BCUT2D eigenvalue weighted by atomic mass is 10.2. The van der Waals surface area contributed by atoms with Crippen molar-refractivity contribution >= 4 is 27.5 Å². The summed E-state index contributed by atoms with van der Waals surface area (Å²) in [6.45, 7) is 2.97. The number of carbonyl (C=O) groups is 1. The predicted molar refractivity (Wildman–Crippen MR) is 69.3 cm³/mol. The highest BCUT2D eigenvalue weighted by Gasteiger charge is 2.20. The van der Waals surface area contributed by atoms with E-state index in [0.717, 1.165) is 19.4 Å². The monoisotopic (exact) mass is 317 g/mol. The summed E-state index contributed by atoms with van der Waals surface area (Å²) in [6, 6.07) is 0. The number of amides is 1. The lowest BCUT2D eigenvalue weighted by Crippen LogP contribution is -2.30. The molecule has 0 saturated carbocycles. The van der Waals surface area contributed by atoms with E-state index < -0.39 is 6.10 Å². The number of carbonyl (C=O) groups excluding carboxylic acids is 1. The molecule has 6 nitrogen and oxygen atoms in total. The number of halogens is 1. The van der Waals surface area contributed by atoms with Crippen molar-refractivity contribution in [2.75, 3.05) is 18.5 Å². The van der Waals surface area contributed by atoms with Crippen LogP contribution in [0.3, 0.4) is 0 Å². The van der Waals surface area contributed by atoms with Crippen LogP contribution >= 0.6 is 15.9 Å². The molecule has 2 rings (SSSR count). The third-order valence-electron chi connectivity index (χ3n) is 2.78. The van der Waals surface area contributed by atoms with E-state index in [9.17, 15) is 4.79 Å². The van der Waals surface area contributed by atoms with Gasteiger partial charge >= 0.3 is 0 Å². The first-order chi connectivity index (χ1) is 8.66. The maximum Gasteiger partial charge on any atom is 0.253 e. The van der Waals surface area contributed by atoms with Crippen LogP contribution in [-0.2, 0) is 14.3 Å². The van der Waals surface area contributed by atoms with E-state index in [2.05, 4.69) is 31.4 Å². The molecule has 1 aliphatic rings. The van der Waals surface area contributed by atoms with Gasteiger partial charge in [0.2, 0.25) is 0 Å². The minimum absolute atomic E-state index is 0.126. The summed E-state index contributed by atoms with van der Waals surface area (Å²) in [4.78, 5) is 11.8. The Morgan fingerprint density at radius 2 is 2.67 bits per heavy atom. The molecule has 1 aromatic rings. The molecule has 100 valence electrons. The first-order valence-electron chi connectivity index (χ1n) is 5.89. The molecule has 2 atom stereocenters. The highest BCUT2D eigenvalue weighted by Crippen LogP contribution is 2.18. The van der Waals surface area contributed by atoms with Crippen molar-refractivity contribution in [2.45, 2.75) is 32.0 Å². The van der Waals surface area contributed by atoms with Gasteiger partial charge in [-0.15, -0.1) is 0 Å².